The molecule has 0 aromatic heterocycles. The highest BCUT2D eigenvalue weighted by Gasteiger charge is 2.38. The second-order valence-electron chi connectivity index (χ2n) is 6.38. The lowest BCUT2D eigenvalue weighted by atomic mass is 9.78. The van der Waals surface area contributed by atoms with E-state index in [1.807, 2.05) is 24.3 Å². The highest BCUT2D eigenvalue weighted by atomic mass is 16.5. The quantitative estimate of drug-likeness (QED) is 0.724. The average Bonchev–Trinajstić information content (AvgIpc) is 2.37. The minimum Gasteiger partial charge on any atom is -0.497 e. The van der Waals surface area contributed by atoms with Crippen LogP contribution in [-0.4, -0.2) is 35.6 Å². The Morgan fingerprint density at radius 3 is 2.14 bits per heavy atom. The first-order valence-electron chi connectivity index (χ1n) is 7.37. The van der Waals surface area contributed by atoms with E-state index in [-0.39, 0.29) is 0 Å². The number of aliphatic hydroxyl groups is 1. The normalized spacial score (nSPS) is 12.3. The fourth-order valence-corrected chi connectivity index (χ4v) is 1.82. The molecule has 4 nitrogen and oxygen atoms in total. The molecule has 0 saturated carbocycles. The van der Waals surface area contributed by atoms with Gasteiger partial charge in [-0.05, 0) is 58.1 Å². The molecule has 0 bridgehead atoms. The molecule has 21 heavy (non-hydrogen) atoms. The van der Waals surface area contributed by atoms with Gasteiger partial charge in [-0.3, -0.25) is 0 Å². The smallest absolute Gasteiger partial charge is 0.454 e. The second-order valence-corrected chi connectivity index (χ2v) is 6.38. The van der Waals surface area contributed by atoms with Crippen LogP contribution in [0.5, 0.6) is 5.75 Å². The third-order valence-corrected chi connectivity index (χ3v) is 3.98. The van der Waals surface area contributed by atoms with Gasteiger partial charge in [0.2, 0.25) is 0 Å². The Balaban J connectivity index is 2.38. The number of ether oxygens (including phenoxy) is 1. The van der Waals surface area contributed by atoms with E-state index >= 15 is 0 Å². The summed E-state index contributed by atoms with van der Waals surface area (Å²) in [5, 5.41) is 20.0. The Labute approximate surface area is 128 Å². The number of benzene rings is 1. The van der Waals surface area contributed by atoms with Crippen molar-refractivity contribution in [2.45, 2.75) is 58.1 Å². The fraction of sp³-hybridized carbons (Fsp3) is 0.625. The monoisotopic (exact) mass is 294 g/mol. The average molecular weight is 294 g/mol. The molecule has 118 valence electrons. The minimum absolute atomic E-state index is 0.533. The summed E-state index contributed by atoms with van der Waals surface area (Å²) in [6, 6.07) is 7.90. The van der Waals surface area contributed by atoms with Crippen LogP contribution in [0.4, 0.5) is 0 Å². The molecule has 0 aliphatic heterocycles. The number of rotatable bonds is 8. The molecule has 2 N–H and O–H groups in total. The summed E-state index contributed by atoms with van der Waals surface area (Å²) in [6.07, 6.45) is 2.22. The van der Waals surface area contributed by atoms with Gasteiger partial charge in [0.15, 0.2) is 0 Å². The van der Waals surface area contributed by atoms with Gasteiger partial charge in [-0.15, -0.1) is 0 Å². The van der Waals surface area contributed by atoms with Crippen LogP contribution in [0, 0.1) is 0 Å². The predicted octanol–water partition coefficient (Wildman–Crippen LogP) is 2.67. The van der Waals surface area contributed by atoms with Gasteiger partial charge >= 0.3 is 7.12 Å². The molecule has 0 radical (unpaired) electrons. The van der Waals surface area contributed by atoms with E-state index in [1.165, 1.54) is 5.56 Å². The lowest BCUT2D eigenvalue weighted by molar-refractivity contribution is -0.1000. The minimum atomic E-state index is -1.01. The molecule has 0 heterocycles. The van der Waals surface area contributed by atoms with Crippen molar-refractivity contribution in [1.29, 1.82) is 0 Å². The van der Waals surface area contributed by atoms with Gasteiger partial charge in [0, 0.05) is 0 Å². The van der Waals surface area contributed by atoms with E-state index in [0.717, 1.165) is 18.6 Å². The first-order valence-corrected chi connectivity index (χ1v) is 7.37. The SMILES string of the molecule is COc1ccc(CCCB(O)OC(C)(C)C(C)(C)O)cc1. The van der Waals surface area contributed by atoms with Crippen molar-refractivity contribution in [3.63, 3.8) is 0 Å². The number of aryl methyl sites for hydroxylation is 1. The van der Waals surface area contributed by atoms with E-state index in [4.69, 9.17) is 9.39 Å². The summed E-state index contributed by atoms with van der Waals surface area (Å²) in [5.41, 5.74) is -0.610. The van der Waals surface area contributed by atoms with Gasteiger partial charge in [0.25, 0.3) is 0 Å². The molecular formula is C16H27BO4. The summed E-state index contributed by atoms with van der Waals surface area (Å²) < 4.78 is 10.7. The molecule has 0 atom stereocenters. The summed E-state index contributed by atoms with van der Waals surface area (Å²) >= 11 is 0. The Morgan fingerprint density at radius 2 is 1.67 bits per heavy atom. The van der Waals surface area contributed by atoms with Crippen molar-refractivity contribution in [3.05, 3.63) is 29.8 Å². The summed E-state index contributed by atoms with van der Waals surface area (Å²) in [5.74, 6) is 0.842. The summed E-state index contributed by atoms with van der Waals surface area (Å²) in [7, 11) is 0.775. The highest BCUT2D eigenvalue weighted by molar-refractivity contribution is 6.42. The maximum atomic E-state index is 10.00. The Morgan fingerprint density at radius 1 is 1.10 bits per heavy atom. The topological polar surface area (TPSA) is 58.9 Å². The maximum Gasteiger partial charge on any atom is 0.454 e. The van der Waals surface area contributed by atoms with E-state index in [0.29, 0.717) is 6.32 Å². The number of methoxy groups -OCH3 is 1. The van der Waals surface area contributed by atoms with Gasteiger partial charge < -0.3 is 19.5 Å². The van der Waals surface area contributed by atoms with Crippen molar-refractivity contribution in [3.8, 4) is 5.75 Å². The van der Waals surface area contributed by atoms with Crippen LogP contribution in [0.1, 0.15) is 39.7 Å². The van der Waals surface area contributed by atoms with Crippen LogP contribution in [0.2, 0.25) is 6.32 Å². The summed E-state index contributed by atoms with van der Waals surface area (Å²) in [4.78, 5) is 0. The first-order chi connectivity index (χ1) is 9.65. The van der Waals surface area contributed by atoms with Gasteiger partial charge in [0.1, 0.15) is 5.75 Å². The van der Waals surface area contributed by atoms with Crippen LogP contribution >= 0.6 is 0 Å². The third-order valence-electron chi connectivity index (χ3n) is 3.98. The molecule has 1 aromatic rings. The van der Waals surface area contributed by atoms with Crippen LogP contribution in [0.15, 0.2) is 24.3 Å². The van der Waals surface area contributed by atoms with Crippen molar-refractivity contribution in [2.24, 2.45) is 0 Å². The van der Waals surface area contributed by atoms with Gasteiger partial charge in [-0.25, -0.2) is 0 Å². The highest BCUT2D eigenvalue weighted by Crippen LogP contribution is 2.26. The van der Waals surface area contributed by atoms with Crippen LogP contribution in [-0.2, 0) is 11.1 Å². The lowest BCUT2D eigenvalue weighted by Gasteiger charge is -2.38. The zero-order valence-electron chi connectivity index (χ0n) is 13.7. The Kier molecular flexibility index (Phi) is 6.26. The molecular weight excluding hydrogens is 267 g/mol. The van der Waals surface area contributed by atoms with Crippen LogP contribution < -0.4 is 4.74 Å². The standard InChI is InChI=1S/C16H27BO4/c1-15(2,18)16(3,4)21-17(19)12-6-7-13-8-10-14(20-5)11-9-13/h8-11,18-19H,6-7,12H2,1-5H3. The first kappa shape index (κ1) is 18.0. The van der Waals surface area contributed by atoms with Crippen molar-refractivity contribution in [2.75, 3.05) is 7.11 Å². The van der Waals surface area contributed by atoms with E-state index < -0.39 is 18.3 Å². The number of hydrogen-bond donors (Lipinski definition) is 2. The maximum absolute atomic E-state index is 10.00. The van der Waals surface area contributed by atoms with E-state index in [9.17, 15) is 10.1 Å². The van der Waals surface area contributed by atoms with E-state index in [2.05, 4.69) is 0 Å². The molecule has 0 amide bonds. The molecule has 1 rings (SSSR count). The largest absolute Gasteiger partial charge is 0.497 e. The van der Waals surface area contributed by atoms with Crippen molar-refractivity contribution >= 4 is 7.12 Å². The molecule has 0 saturated heterocycles. The Bertz CT molecular complexity index is 423. The third kappa shape index (κ3) is 5.69. The van der Waals surface area contributed by atoms with E-state index in [1.54, 1.807) is 34.8 Å². The molecule has 0 fully saturated rings. The molecule has 0 unspecified atom stereocenters. The number of hydrogen-bond acceptors (Lipinski definition) is 4. The zero-order valence-corrected chi connectivity index (χ0v) is 13.7. The molecule has 0 aliphatic carbocycles. The van der Waals surface area contributed by atoms with Gasteiger partial charge in [-0.1, -0.05) is 18.6 Å². The summed E-state index contributed by atoms with van der Waals surface area (Å²) in [6.45, 7) is 6.91. The zero-order chi connectivity index (χ0) is 16.1. The van der Waals surface area contributed by atoms with Gasteiger partial charge in [-0.2, -0.15) is 0 Å². The molecule has 0 spiro atoms. The molecule has 0 aliphatic rings. The lowest BCUT2D eigenvalue weighted by Crippen LogP contribution is -2.50. The molecule has 5 heteroatoms. The second kappa shape index (κ2) is 7.30. The Hall–Kier alpha value is -1.04. The molecule has 1 aromatic carbocycles. The van der Waals surface area contributed by atoms with Gasteiger partial charge in [0.05, 0.1) is 18.3 Å². The fourth-order valence-electron chi connectivity index (χ4n) is 1.82. The predicted molar refractivity (Wildman–Crippen MR) is 85.6 cm³/mol. The van der Waals surface area contributed by atoms with Crippen LogP contribution in [0.3, 0.4) is 0 Å². The van der Waals surface area contributed by atoms with Crippen molar-refractivity contribution in [1.82, 2.24) is 0 Å². The van der Waals surface area contributed by atoms with Crippen molar-refractivity contribution < 1.29 is 19.5 Å². The van der Waals surface area contributed by atoms with Crippen LogP contribution in [0.25, 0.3) is 0 Å².